The molecule has 0 bridgehead atoms. The molecule has 1 fully saturated rings. The van der Waals surface area contributed by atoms with Gasteiger partial charge in [0.2, 0.25) is 10.0 Å². The summed E-state index contributed by atoms with van der Waals surface area (Å²) in [5.41, 5.74) is 0.612. The molecule has 2 heterocycles. The lowest BCUT2D eigenvalue weighted by atomic mass is 10.3. The summed E-state index contributed by atoms with van der Waals surface area (Å²) in [5.74, 6) is -0.881. The molecule has 0 atom stereocenters. The summed E-state index contributed by atoms with van der Waals surface area (Å²) in [4.78, 5) is 12.4. The van der Waals surface area contributed by atoms with E-state index in [2.05, 4.69) is 5.32 Å². The van der Waals surface area contributed by atoms with Crippen LogP contribution in [0.25, 0.3) is 0 Å². The van der Waals surface area contributed by atoms with E-state index < -0.39 is 21.7 Å². The van der Waals surface area contributed by atoms with Gasteiger partial charge in [-0.25, -0.2) is 12.8 Å². The Morgan fingerprint density at radius 3 is 2.48 bits per heavy atom. The van der Waals surface area contributed by atoms with Crippen molar-refractivity contribution in [2.24, 2.45) is 7.05 Å². The third-order valence-electron chi connectivity index (χ3n) is 3.92. The molecule has 2 aromatic rings. The summed E-state index contributed by atoms with van der Waals surface area (Å²) in [6.07, 6.45) is 1.41. The number of nitrogens with one attached hydrogen (secondary N) is 1. The molecule has 0 radical (unpaired) electrons. The average Bonchev–Trinajstić information content (AvgIpc) is 3.00. The second-order valence-corrected chi connectivity index (χ2v) is 7.59. The van der Waals surface area contributed by atoms with E-state index in [-0.39, 0.29) is 23.7 Å². The Labute approximate surface area is 145 Å². The number of anilines is 1. The molecule has 25 heavy (non-hydrogen) atoms. The second-order valence-electron chi connectivity index (χ2n) is 5.65. The maximum Gasteiger partial charge on any atom is 0.272 e. The van der Waals surface area contributed by atoms with Gasteiger partial charge in [0.25, 0.3) is 5.91 Å². The van der Waals surface area contributed by atoms with Crippen molar-refractivity contribution >= 4 is 21.6 Å². The topological polar surface area (TPSA) is 80.6 Å². The molecule has 1 aromatic heterocycles. The quantitative estimate of drug-likeness (QED) is 0.887. The zero-order chi connectivity index (χ0) is 18.0. The van der Waals surface area contributed by atoms with Crippen LogP contribution in [0.15, 0.2) is 41.4 Å². The molecule has 1 N–H and O–H groups in total. The molecule has 1 amide bonds. The number of ether oxygens (including phenoxy) is 1. The Bertz CT molecular complexity index is 871. The third-order valence-corrected chi connectivity index (χ3v) is 5.79. The molecule has 134 valence electrons. The smallest absolute Gasteiger partial charge is 0.272 e. The Kier molecular flexibility index (Phi) is 4.89. The van der Waals surface area contributed by atoms with Crippen LogP contribution in [0.4, 0.5) is 10.1 Å². The number of carbonyl (C=O) groups is 1. The van der Waals surface area contributed by atoms with Gasteiger partial charge in [-0.1, -0.05) is 0 Å². The van der Waals surface area contributed by atoms with Crippen molar-refractivity contribution in [3.05, 3.63) is 48.0 Å². The molecular formula is C16H18FN3O4S. The van der Waals surface area contributed by atoms with Crippen molar-refractivity contribution in [2.75, 3.05) is 31.6 Å². The minimum atomic E-state index is -3.67. The summed E-state index contributed by atoms with van der Waals surface area (Å²) in [6.45, 7) is 1.27. The van der Waals surface area contributed by atoms with Crippen molar-refractivity contribution in [1.29, 1.82) is 0 Å². The van der Waals surface area contributed by atoms with Gasteiger partial charge in [0, 0.05) is 32.0 Å². The number of nitrogens with zero attached hydrogens (tertiary/aromatic N) is 2. The summed E-state index contributed by atoms with van der Waals surface area (Å²) < 4.78 is 46.2. The first-order valence-electron chi connectivity index (χ1n) is 7.69. The lowest BCUT2D eigenvalue weighted by molar-refractivity contribution is 0.0730. The fourth-order valence-corrected chi connectivity index (χ4v) is 4.05. The number of sulfonamides is 1. The first-order valence-corrected chi connectivity index (χ1v) is 9.13. The Morgan fingerprint density at radius 2 is 1.84 bits per heavy atom. The van der Waals surface area contributed by atoms with Gasteiger partial charge in [0.1, 0.15) is 16.4 Å². The highest BCUT2D eigenvalue weighted by Gasteiger charge is 2.28. The van der Waals surface area contributed by atoms with Crippen molar-refractivity contribution in [2.45, 2.75) is 4.90 Å². The molecule has 1 aliphatic rings. The zero-order valence-corrected chi connectivity index (χ0v) is 14.4. The number of benzene rings is 1. The molecule has 0 spiro atoms. The van der Waals surface area contributed by atoms with Crippen molar-refractivity contribution < 1.29 is 22.3 Å². The number of rotatable bonds is 4. The van der Waals surface area contributed by atoms with E-state index in [1.54, 1.807) is 7.05 Å². The molecule has 1 aromatic carbocycles. The standard InChI is InChI=1S/C16H18FN3O4S/c1-19-11-14(25(22,23)20-6-8-24-9-7-20)10-15(19)16(21)18-13-4-2-12(17)3-5-13/h2-5,10-11H,6-9H2,1H3,(H,18,21). The number of morpholine rings is 1. The van der Waals surface area contributed by atoms with E-state index in [1.807, 2.05) is 0 Å². The zero-order valence-electron chi connectivity index (χ0n) is 13.6. The van der Waals surface area contributed by atoms with Gasteiger partial charge in [-0.3, -0.25) is 4.79 Å². The van der Waals surface area contributed by atoms with E-state index in [9.17, 15) is 17.6 Å². The molecule has 7 nitrogen and oxygen atoms in total. The Balaban J connectivity index is 1.81. The molecular weight excluding hydrogens is 349 g/mol. The van der Waals surface area contributed by atoms with Crippen molar-refractivity contribution in [3.63, 3.8) is 0 Å². The first-order chi connectivity index (χ1) is 11.9. The van der Waals surface area contributed by atoms with Crippen LogP contribution in [0.3, 0.4) is 0 Å². The van der Waals surface area contributed by atoms with Gasteiger partial charge < -0.3 is 14.6 Å². The van der Waals surface area contributed by atoms with Crippen LogP contribution in [-0.4, -0.2) is 49.5 Å². The van der Waals surface area contributed by atoms with Crippen molar-refractivity contribution in [1.82, 2.24) is 8.87 Å². The summed E-state index contributed by atoms with van der Waals surface area (Å²) in [5, 5.41) is 2.62. The molecule has 1 aliphatic heterocycles. The predicted octanol–water partition coefficient (Wildman–Crippen LogP) is 1.44. The summed E-state index contributed by atoms with van der Waals surface area (Å²) in [6, 6.07) is 6.66. The minimum Gasteiger partial charge on any atom is -0.379 e. The number of hydrogen-bond donors (Lipinski definition) is 1. The molecule has 0 saturated carbocycles. The number of aromatic nitrogens is 1. The Hall–Kier alpha value is -2.23. The average molecular weight is 367 g/mol. The molecule has 0 aliphatic carbocycles. The highest BCUT2D eigenvalue weighted by Crippen LogP contribution is 2.20. The summed E-state index contributed by atoms with van der Waals surface area (Å²) >= 11 is 0. The molecule has 9 heteroatoms. The Morgan fingerprint density at radius 1 is 1.20 bits per heavy atom. The van der Waals surface area contributed by atoms with E-state index >= 15 is 0 Å². The van der Waals surface area contributed by atoms with E-state index in [1.165, 1.54) is 45.4 Å². The van der Waals surface area contributed by atoms with Gasteiger partial charge in [-0.05, 0) is 30.3 Å². The fourth-order valence-electron chi connectivity index (χ4n) is 2.57. The highest BCUT2D eigenvalue weighted by atomic mass is 32.2. The minimum absolute atomic E-state index is 0.0566. The number of aryl methyl sites for hydroxylation is 1. The lowest BCUT2D eigenvalue weighted by Crippen LogP contribution is -2.40. The van der Waals surface area contributed by atoms with Gasteiger partial charge in [-0.15, -0.1) is 0 Å². The number of halogens is 1. The van der Waals surface area contributed by atoms with Crippen LogP contribution in [0.1, 0.15) is 10.5 Å². The SMILES string of the molecule is Cn1cc(S(=O)(=O)N2CCOCC2)cc1C(=O)Nc1ccc(F)cc1. The number of hydrogen-bond acceptors (Lipinski definition) is 4. The van der Waals surface area contributed by atoms with Gasteiger partial charge in [0.15, 0.2) is 0 Å². The largest absolute Gasteiger partial charge is 0.379 e. The second kappa shape index (κ2) is 6.95. The normalized spacial score (nSPS) is 15.9. The van der Waals surface area contributed by atoms with Crippen molar-refractivity contribution in [3.8, 4) is 0 Å². The monoisotopic (exact) mass is 367 g/mol. The predicted molar refractivity (Wildman–Crippen MR) is 89.3 cm³/mol. The highest BCUT2D eigenvalue weighted by molar-refractivity contribution is 7.89. The summed E-state index contributed by atoms with van der Waals surface area (Å²) in [7, 11) is -2.08. The van der Waals surface area contributed by atoms with Gasteiger partial charge >= 0.3 is 0 Å². The maximum absolute atomic E-state index is 12.9. The van der Waals surface area contributed by atoms with Crippen LogP contribution in [0.5, 0.6) is 0 Å². The fraction of sp³-hybridized carbons (Fsp3) is 0.312. The maximum atomic E-state index is 12.9. The number of amides is 1. The van der Waals surface area contributed by atoms with Crippen LogP contribution < -0.4 is 5.32 Å². The van der Waals surface area contributed by atoms with Gasteiger partial charge in [0.05, 0.1) is 13.2 Å². The first kappa shape index (κ1) is 17.6. The lowest BCUT2D eigenvalue weighted by Gasteiger charge is -2.25. The number of carbonyl (C=O) groups excluding carboxylic acids is 1. The molecule has 3 rings (SSSR count). The molecule has 1 saturated heterocycles. The third kappa shape index (κ3) is 3.73. The van der Waals surface area contributed by atoms with Crippen LogP contribution >= 0.6 is 0 Å². The van der Waals surface area contributed by atoms with Crippen LogP contribution in [0.2, 0.25) is 0 Å². The van der Waals surface area contributed by atoms with Crippen LogP contribution in [-0.2, 0) is 21.8 Å². The van der Waals surface area contributed by atoms with E-state index in [0.29, 0.717) is 18.9 Å². The van der Waals surface area contributed by atoms with E-state index in [4.69, 9.17) is 4.74 Å². The van der Waals surface area contributed by atoms with E-state index in [0.717, 1.165) is 0 Å². The van der Waals surface area contributed by atoms with Gasteiger partial charge in [-0.2, -0.15) is 4.31 Å². The molecule has 0 unspecified atom stereocenters. The van der Waals surface area contributed by atoms with Crippen LogP contribution in [0, 0.1) is 5.82 Å².